The zero-order chi connectivity index (χ0) is 28.5. The third-order valence-electron chi connectivity index (χ3n) is 9.90. The number of nitrogens with zero attached hydrogens (tertiary/aromatic N) is 4. The van der Waals surface area contributed by atoms with Gasteiger partial charge in [-0.25, -0.2) is 19.9 Å². The maximum atomic E-state index is 6.11. The van der Waals surface area contributed by atoms with E-state index in [0.29, 0.717) is 35.8 Å². The van der Waals surface area contributed by atoms with Crippen LogP contribution in [0.1, 0.15) is 38.3 Å². The molecule has 6 atom stereocenters. The topological polar surface area (TPSA) is 135 Å². The second kappa shape index (κ2) is 9.71. The van der Waals surface area contributed by atoms with Crippen LogP contribution in [0.15, 0.2) is 60.7 Å². The molecule has 212 valence electrons. The molecule has 6 N–H and O–H groups in total. The molecular formula is C34H36N8. The number of pyridine rings is 2. The highest BCUT2D eigenvalue weighted by Crippen LogP contribution is 2.40. The Morgan fingerprint density at radius 1 is 0.571 bits per heavy atom. The fraction of sp³-hybridized carbons (Fsp3) is 0.353. The minimum Gasteiger partial charge on any atom is -0.342 e. The number of nitrogens with two attached hydrogens (primary N) is 2. The summed E-state index contributed by atoms with van der Waals surface area (Å²) in [6.07, 6.45) is 4.03. The highest BCUT2D eigenvalue weighted by molar-refractivity contribution is 5.86. The summed E-state index contributed by atoms with van der Waals surface area (Å²) in [6.45, 7) is 4.46. The van der Waals surface area contributed by atoms with Crippen LogP contribution >= 0.6 is 0 Å². The van der Waals surface area contributed by atoms with Gasteiger partial charge in [0, 0.05) is 36.1 Å². The predicted octanol–water partition coefficient (Wildman–Crippen LogP) is 5.77. The van der Waals surface area contributed by atoms with Gasteiger partial charge in [-0.05, 0) is 85.0 Å². The summed E-state index contributed by atoms with van der Waals surface area (Å²) in [6, 6.07) is 21.5. The first-order chi connectivity index (χ1) is 20.4. The van der Waals surface area contributed by atoms with E-state index < -0.39 is 0 Å². The lowest BCUT2D eigenvalue weighted by atomic mass is 10.1. The number of rotatable bonds is 8. The van der Waals surface area contributed by atoms with E-state index in [2.05, 4.69) is 72.3 Å². The van der Waals surface area contributed by atoms with E-state index >= 15 is 0 Å². The van der Waals surface area contributed by atoms with Crippen molar-refractivity contribution in [1.82, 2.24) is 29.9 Å². The van der Waals surface area contributed by atoms with Crippen molar-refractivity contribution in [1.29, 1.82) is 0 Å². The smallest absolute Gasteiger partial charge is 0.107 e. The number of imidazole rings is 2. The second-order valence-corrected chi connectivity index (χ2v) is 12.5. The van der Waals surface area contributed by atoms with Crippen LogP contribution in [-0.4, -0.2) is 42.0 Å². The van der Waals surface area contributed by atoms with Crippen LogP contribution in [-0.2, 0) is 12.8 Å². The van der Waals surface area contributed by atoms with Crippen molar-refractivity contribution >= 4 is 33.1 Å². The minimum absolute atomic E-state index is 0.352. The zero-order valence-electron chi connectivity index (χ0n) is 24.0. The van der Waals surface area contributed by atoms with Gasteiger partial charge in [-0.15, -0.1) is 0 Å². The molecule has 0 unspecified atom stereocenters. The van der Waals surface area contributed by atoms with Crippen molar-refractivity contribution in [2.45, 2.75) is 51.6 Å². The molecule has 0 bridgehead atoms. The molecule has 8 nitrogen and oxygen atoms in total. The largest absolute Gasteiger partial charge is 0.342 e. The van der Waals surface area contributed by atoms with Crippen molar-refractivity contribution in [3.05, 3.63) is 72.3 Å². The van der Waals surface area contributed by atoms with Gasteiger partial charge in [0.1, 0.15) is 11.6 Å². The third-order valence-corrected chi connectivity index (χ3v) is 9.90. The first-order valence-corrected chi connectivity index (χ1v) is 15.2. The van der Waals surface area contributed by atoms with Gasteiger partial charge < -0.3 is 21.4 Å². The SMILES string of the molecule is C[C@H]1[C@@H](N)[C@H]1CCc1nc2ccc(-c3ccc4nc(-c5ccc6nc(CC[C@H]7[C@@H](C)[C@H]7N)[nH]c6c5)ccc4n3)cc2[nH]1. The molecule has 2 fully saturated rings. The van der Waals surface area contributed by atoms with E-state index in [1.807, 2.05) is 12.1 Å². The fourth-order valence-electron chi connectivity index (χ4n) is 6.69. The standard InChI is InChI=1S/C34H36N8/c1-17-21(33(17)35)5-13-31-39-27-7-3-19(15-29(27)41-31)23-9-11-26-25(37-23)12-10-24(38-26)20-4-8-28-30(16-20)42-32(40-28)14-6-22-18(2)34(22)36/h3-4,7-12,15-18,21-22,33-34H,5-6,13-14,35-36H2,1-2H3,(H,39,41)(H,40,42)/t17-,18-,21+,22+,33-,34-/m1/s1. The number of aromatic nitrogens is 6. The number of aryl methyl sites for hydroxylation is 2. The Morgan fingerprint density at radius 2 is 0.976 bits per heavy atom. The Balaban J connectivity index is 1.00. The molecule has 0 amide bonds. The summed E-state index contributed by atoms with van der Waals surface area (Å²) in [5.74, 6) is 4.56. The summed E-state index contributed by atoms with van der Waals surface area (Å²) < 4.78 is 0. The average molecular weight is 557 g/mol. The van der Waals surface area contributed by atoms with Crippen LogP contribution in [0.4, 0.5) is 0 Å². The Morgan fingerprint density at radius 3 is 1.38 bits per heavy atom. The number of H-pyrrole nitrogens is 2. The van der Waals surface area contributed by atoms with Crippen LogP contribution < -0.4 is 11.5 Å². The Labute approximate surface area is 244 Å². The second-order valence-electron chi connectivity index (χ2n) is 12.5. The van der Waals surface area contributed by atoms with Crippen molar-refractivity contribution < 1.29 is 0 Å². The zero-order valence-corrected chi connectivity index (χ0v) is 24.0. The van der Waals surface area contributed by atoms with Crippen LogP contribution in [0.25, 0.3) is 55.6 Å². The van der Waals surface area contributed by atoms with Crippen LogP contribution in [0.5, 0.6) is 0 Å². The van der Waals surface area contributed by atoms with Gasteiger partial charge in [0.2, 0.25) is 0 Å². The van der Waals surface area contributed by atoms with E-state index in [1.165, 1.54) is 0 Å². The molecule has 4 heterocycles. The molecule has 6 aromatic rings. The normalized spacial score (nSPS) is 25.0. The third kappa shape index (κ3) is 4.55. The van der Waals surface area contributed by atoms with Gasteiger partial charge in [-0.3, -0.25) is 0 Å². The maximum absolute atomic E-state index is 6.11. The van der Waals surface area contributed by atoms with E-state index in [9.17, 15) is 0 Å². The van der Waals surface area contributed by atoms with Gasteiger partial charge in [0.25, 0.3) is 0 Å². The molecule has 0 radical (unpaired) electrons. The van der Waals surface area contributed by atoms with Gasteiger partial charge in [0.15, 0.2) is 0 Å². The highest BCUT2D eigenvalue weighted by atomic mass is 14.9. The van der Waals surface area contributed by atoms with Gasteiger partial charge >= 0.3 is 0 Å². The lowest BCUT2D eigenvalue weighted by Gasteiger charge is -2.06. The van der Waals surface area contributed by atoms with E-state index in [1.54, 1.807) is 0 Å². The molecule has 42 heavy (non-hydrogen) atoms. The van der Waals surface area contributed by atoms with Crippen molar-refractivity contribution in [2.24, 2.45) is 35.1 Å². The molecule has 2 aliphatic carbocycles. The summed E-state index contributed by atoms with van der Waals surface area (Å²) in [5.41, 5.74) is 21.9. The lowest BCUT2D eigenvalue weighted by Crippen LogP contribution is -2.03. The maximum Gasteiger partial charge on any atom is 0.107 e. The quantitative estimate of drug-likeness (QED) is 0.188. The van der Waals surface area contributed by atoms with Gasteiger partial charge in [0.05, 0.1) is 44.5 Å². The first kappa shape index (κ1) is 25.6. The summed E-state index contributed by atoms with van der Waals surface area (Å²) in [5, 5.41) is 0. The molecule has 2 aliphatic rings. The Bertz CT molecular complexity index is 1800. The molecule has 4 aromatic heterocycles. The molecule has 8 heteroatoms. The predicted molar refractivity (Wildman–Crippen MR) is 168 cm³/mol. The number of hydrogen-bond acceptors (Lipinski definition) is 6. The fourth-order valence-corrected chi connectivity index (χ4v) is 6.69. The molecule has 0 aliphatic heterocycles. The molecule has 2 saturated carbocycles. The van der Waals surface area contributed by atoms with Gasteiger partial charge in [-0.1, -0.05) is 26.0 Å². The Hall–Kier alpha value is -4.14. The van der Waals surface area contributed by atoms with Crippen molar-refractivity contribution in [3.63, 3.8) is 0 Å². The molecule has 0 spiro atoms. The summed E-state index contributed by atoms with van der Waals surface area (Å²) in [7, 11) is 0. The average Bonchev–Trinajstić information content (AvgIpc) is 3.55. The molecular weight excluding hydrogens is 520 g/mol. The van der Waals surface area contributed by atoms with Crippen molar-refractivity contribution in [2.75, 3.05) is 0 Å². The number of aromatic amines is 2. The first-order valence-electron chi connectivity index (χ1n) is 15.2. The highest BCUT2D eigenvalue weighted by Gasteiger charge is 2.43. The molecule has 2 aromatic carbocycles. The molecule has 8 rings (SSSR count). The van der Waals surface area contributed by atoms with E-state index in [-0.39, 0.29) is 0 Å². The number of fused-ring (bicyclic) bond motifs is 3. The summed E-state index contributed by atoms with van der Waals surface area (Å²) >= 11 is 0. The molecule has 0 saturated heterocycles. The van der Waals surface area contributed by atoms with Crippen LogP contribution in [0, 0.1) is 23.7 Å². The number of nitrogens with one attached hydrogen (secondary N) is 2. The number of hydrogen-bond donors (Lipinski definition) is 4. The number of benzene rings is 2. The lowest BCUT2D eigenvalue weighted by molar-refractivity contribution is 0.652. The summed E-state index contributed by atoms with van der Waals surface area (Å²) in [4.78, 5) is 26.5. The van der Waals surface area contributed by atoms with E-state index in [0.717, 1.165) is 92.9 Å². The van der Waals surface area contributed by atoms with Crippen LogP contribution in [0.3, 0.4) is 0 Å². The van der Waals surface area contributed by atoms with Gasteiger partial charge in [-0.2, -0.15) is 0 Å². The minimum atomic E-state index is 0.352. The Kier molecular flexibility index (Phi) is 5.91. The monoisotopic (exact) mass is 556 g/mol. The van der Waals surface area contributed by atoms with Crippen molar-refractivity contribution in [3.8, 4) is 22.5 Å². The van der Waals surface area contributed by atoms with Crippen LogP contribution in [0.2, 0.25) is 0 Å². The van der Waals surface area contributed by atoms with E-state index in [4.69, 9.17) is 31.4 Å².